The van der Waals surface area contributed by atoms with Crippen molar-refractivity contribution < 1.29 is 19.1 Å². The summed E-state index contributed by atoms with van der Waals surface area (Å²) < 4.78 is 5.21. The quantitative estimate of drug-likeness (QED) is 0.747. The maximum atomic E-state index is 12.1. The van der Waals surface area contributed by atoms with Crippen molar-refractivity contribution in [1.29, 1.82) is 0 Å². The van der Waals surface area contributed by atoms with Gasteiger partial charge in [0.1, 0.15) is 0 Å². The number of hydrogen-bond acceptors (Lipinski definition) is 4. The standard InChI is InChI=1S/C20H22N2O4/c1-13(15-6-4-3-5-7-15)12-18(23)26-14(2)20(25)22-17-10-8-16(9-11-17)19(21)24/h3-11,13-14H,12H2,1-2H3,(H2,21,24)(H,22,25)/t13-,14+/m0/s1. The molecule has 136 valence electrons. The molecule has 0 bridgehead atoms. The minimum absolute atomic E-state index is 0.000283. The van der Waals surface area contributed by atoms with Crippen LogP contribution in [0.25, 0.3) is 0 Å². The highest BCUT2D eigenvalue weighted by atomic mass is 16.5. The zero-order chi connectivity index (χ0) is 19.1. The van der Waals surface area contributed by atoms with Gasteiger partial charge in [-0.15, -0.1) is 0 Å². The second-order valence-corrected chi connectivity index (χ2v) is 6.08. The van der Waals surface area contributed by atoms with E-state index in [9.17, 15) is 14.4 Å². The Balaban J connectivity index is 1.85. The molecule has 0 aromatic heterocycles. The molecule has 2 amide bonds. The van der Waals surface area contributed by atoms with Crippen molar-refractivity contribution in [2.75, 3.05) is 5.32 Å². The summed E-state index contributed by atoms with van der Waals surface area (Å²) in [6.07, 6.45) is -0.740. The molecule has 3 N–H and O–H groups in total. The number of nitrogens with one attached hydrogen (secondary N) is 1. The highest BCUT2D eigenvalue weighted by Gasteiger charge is 2.20. The normalized spacial score (nSPS) is 12.7. The lowest BCUT2D eigenvalue weighted by atomic mass is 9.98. The first-order valence-electron chi connectivity index (χ1n) is 8.32. The van der Waals surface area contributed by atoms with E-state index in [0.29, 0.717) is 11.3 Å². The summed E-state index contributed by atoms with van der Waals surface area (Å²) in [6.45, 7) is 3.44. The predicted octanol–water partition coefficient (Wildman–Crippen LogP) is 2.85. The lowest BCUT2D eigenvalue weighted by molar-refractivity contribution is -0.153. The third-order valence-electron chi connectivity index (χ3n) is 3.96. The summed E-state index contributed by atoms with van der Waals surface area (Å²) in [7, 11) is 0. The van der Waals surface area contributed by atoms with Gasteiger partial charge >= 0.3 is 5.97 Å². The molecule has 0 heterocycles. The summed E-state index contributed by atoms with van der Waals surface area (Å²) in [5, 5.41) is 2.63. The number of carbonyl (C=O) groups excluding carboxylic acids is 3. The highest BCUT2D eigenvalue weighted by molar-refractivity contribution is 5.96. The van der Waals surface area contributed by atoms with Gasteiger partial charge in [-0.2, -0.15) is 0 Å². The Bertz CT molecular complexity index is 772. The van der Waals surface area contributed by atoms with Crippen molar-refractivity contribution >= 4 is 23.5 Å². The highest BCUT2D eigenvalue weighted by Crippen LogP contribution is 2.19. The van der Waals surface area contributed by atoms with Gasteiger partial charge in [0.15, 0.2) is 6.10 Å². The number of anilines is 1. The van der Waals surface area contributed by atoms with Gasteiger partial charge in [0.2, 0.25) is 5.91 Å². The molecule has 0 saturated carbocycles. The number of benzene rings is 2. The molecule has 0 aliphatic rings. The minimum atomic E-state index is -0.929. The monoisotopic (exact) mass is 354 g/mol. The van der Waals surface area contributed by atoms with Gasteiger partial charge in [-0.3, -0.25) is 14.4 Å². The number of rotatable bonds is 7. The van der Waals surface area contributed by atoms with Gasteiger partial charge in [-0.1, -0.05) is 37.3 Å². The number of ether oxygens (including phenoxy) is 1. The van der Waals surface area contributed by atoms with Gasteiger partial charge < -0.3 is 15.8 Å². The molecule has 6 heteroatoms. The summed E-state index contributed by atoms with van der Waals surface area (Å²) in [4.78, 5) is 35.2. The molecule has 26 heavy (non-hydrogen) atoms. The molecule has 0 radical (unpaired) electrons. The molecule has 2 rings (SSSR count). The lowest BCUT2D eigenvalue weighted by Crippen LogP contribution is -2.30. The largest absolute Gasteiger partial charge is 0.453 e. The first-order valence-corrected chi connectivity index (χ1v) is 8.32. The van der Waals surface area contributed by atoms with Crippen molar-refractivity contribution in [2.24, 2.45) is 5.73 Å². The van der Waals surface area contributed by atoms with Gasteiger partial charge in [-0.05, 0) is 42.7 Å². The third kappa shape index (κ3) is 5.44. The zero-order valence-corrected chi connectivity index (χ0v) is 14.8. The fraction of sp³-hybridized carbons (Fsp3) is 0.250. The number of nitrogens with two attached hydrogens (primary N) is 1. The van der Waals surface area contributed by atoms with Crippen molar-refractivity contribution in [1.82, 2.24) is 0 Å². The van der Waals surface area contributed by atoms with E-state index in [1.54, 1.807) is 12.1 Å². The summed E-state index contributed by atoms with van der Waals surface area (Å²) in [5.41, 5.74) is 7.04. The summed E-state index contributed by atoms with van der Waals surface area (Å²) in [5.74, 6) is -1.43. The third-order valence-corrected chi connectivity index (χ3v) is 3.96. The van der Waals surface area contributed by atoms with Crippen LogP contribution in [0.2, 0.25) is 0 Å². The lowest BCUT2D eigenvalue weighted by Gasteiger charge is -2.16. The van der Waals surface area contributed by atoms with Crippen molar-refractivity contribution in [3.63, 3.8) is 0 Å². The van der Waals surface area contributed by atoms with E-state index in [1.807, 2.05) is 37.3 Å². The van der Waals surface area contributed by atoms with Crippen LogP contribution in [0, 0.1) is 0 Å². The Morgan fingerprint density at radius 3 is 2.19 bits per heavy atom. The number of carbonyl (C=O) groups is 3. The van der Waals surface area contributed by atoms with Gasteiger partial charge in [-0.25, -0.2) is 0 Å². The minimum Gasteiger partial charge on any atom is -0.453 e. The maximum absolute atomic E-state index is 12.1. The van der Waals surface area contributed by atoms with Crippen LogP contribution in [0.1, 0.15) is 42.1 Å². The molecule has 0 aliphatic carbocycles. The number of amides is 2. The van der Waals surface area contributed by atoms with E-state index in [1.165, 1.54) is 19.1 Å². The number of hydrogen-bond donors (Lipinski definition) is 2. The molecule has 0 fully saturated rings. The molecule has 0 unspecified atom stereocenters. The molecule has 2 aromatic carbocycles. The molecule has 0 aliphatic heterocycles. The van der Waals surface area contributed by atoms with Gasteiger partial charge in [0.25, 0.3) is 5.91 Å². The molecular formula is C20H22N2O4. The van der Waals surface area contributed by atoms with Crippen LogP contribution >= 0.6 is 0 Å². The van der Waals surface area contributed by atoms with Gasteiger partial charge in [0, 0.05) is 11.3 Å². The van der Waals surface area contributed by atoms with E-state index in [4.69, 9.17) is 10.5 Å². The van der Waals surface area contributed by atoms with Crippen molar-refractivity contribution in [3.05, 3.63) is 65.7 Å². The van der Waals surface area contributed by atoms with E-state index in [2.05, 4.69) is 5.32 Å². The number of esters is 1. The van der Waals surface area contributed by atoms with E-state index >= 15 is 0 Å². The molecule has 2 atom stereocenters. The van der Waals surface area contributed by atoms with Crippen LogP contribution in [0.4, 0.5) is 5.69 Å². The fourth-order valence-corrected chi connectivity index (χ4v) is 2.41. The molecule has 6 nitrogen and oxygen atoms in total. The second-order valence-electron chi connectivity index (χ2n) is 6.08. The molecule has 2 aromatic rings. The second kappa shape index (κ2) is 8.80. The van der Waals surface area contributed by atoms with Crippen molar-refractivity contribution in [3.8, 4) is 0 Å². The number of primary amides is 1. The zero-order valence-electron chi connectivity index (χ0n) is 14.8. The van der Waals surface area contributed by atoms with Crippen LogP contribution < -0.4 is 11.1 Å². The molecule has 0 saturated heterocycles. The topological polar surface area (TPSA) is 98.5 Å². The summed E-state index contributed by atoms with van der Waals surface area (Å²) >= 11 is 0. The molecular weight excluding hydrogens is 332 g/mol. The van der Waals surface area contributed by atoms with Crippen LogP contribution in [0.15, 0.2) is 54.6 Å². The van der Waals surface area contributed by atoms with Crippen LogP contribution in [-0.2, 0) is 14.3 Å². The fourth-order valence-electron chi connectivity index (χ4n) is 2.41. The van der Waals surface area contributed by atoms with E-state index in [-0.39, 0.29) is 12.3 Å². The Morgan fingerprint density at radius 1 is 1.00 bits per heavy atom. The van der Waals surface area contributed by atoms with Crippen LogP contribution in [0.5, 0.6) is 0 Å². The van der Waals surface area contributed by atoms with Crippen molar-refractivity contribution in [2.45, 2.75) is 32.3 Å². The van der Waals surface area contributed by atoms with Crippen LogP contribution in [0.3, 0.4) is 0 Å². The first kappa shape index (κ1) is 19.2. The average Bonchev–Trinajstić information content (AvgIpc) is 2.62. The smallest absolute Gasteiger partial charge is 0.307 e. The van der Waals surface area contributed by atoms with Gasteiger partial charge in [0.05, 0.1) is 6.42 Å². The first-order chi connectivity index (χ1) is 12.4. The Labute approximate surface area is 152 Å². The Morgan fingerprint density at radius 2 is 1.62 bits per heavy atom. The predicted molar refractivity (Wildman–Crippen MR) is 98.6 cm³/mol. The molecule has 0 spiro atoms. The van der Waals surface area contributed by atoms with E-state index in [0.717, 1.165) is 5.56 Å². The van der Waals surface area contributed by atoms with Crippen LogP contribution in [-0.4, -0.2) is 23.9 Å². The maximum Gasteiger partial charge on any atom is 0.307 e. The SMILES string of the molecule is C[C@@H](OC(=O)C[C@H](C)c1ccccc1)C(=O)Nc1ccc(C(N)=O)cc1. The average molecular weight is 354 g/mol. The Hall–Kier alpha value is -3.15. The Kier molecular flexibility index (Phi) is 6.49. The van der Waals surface area contributed by atoms with E-state index < -0.39 is 23.9 Å². The summed E-state index contributed by atoms with van der Waals surface area (Å²) in [6, 6.07) is 15.8.